The van der Waals surface area contributed by atoms with E-state index in [1.165, 1.54) is 4.90 Å². The Morgan fingerprint density at radius 3 is 2.52 bits per heavy atom. The van der Waals surface area contributed by atoms with Crippen LogP contribution in [-0.4, -0.2) is 93.0 Å². The molecule has 3 aliphatic rings. The van der Waals surface area contributed by atoms with E-state index in [-0.39, 0.29) is 41.5 Å². The van der Waals surface area contributed by atoms with Crippen LogP contribution in [-0.2, 0) is 28.7 Å². The first kappa shape index (κ1) is 37.8. The van der Waals surface area contributed by atoms with E-state index in [1.54, 1.807) is 24.0 Å². The Balaban J connectivity index is 1.73. The van der Waals surface area contributed by atoms with Crippen LogP contribution in [0, 0.1) is 17.8 Å². The summed E-state index contributed by atoms with van der Waals surface area (Å²) in [4.78, 5) is 59.2. The van der Waals surface area contributed by atoms with E-state index in [9.17, 15) is 24.3 Å². The van der Waals surface area contributed by atoms with Gasteiger partial charge in [0, 0.05) is 24.3 Å². The number of benzene rings is 1. The number of hydrogen-bond donors (Lipinski definition) is 2. The predicted molar refractivity (Wildman–Crippen MR) is 187 cm³/mol. The van der Waals surface area contributed by atoms with E-state index >= 15 is 0 Å². The topological polar surface area (TPSA) is 125 Å². The molecule has 0 saturated carbocycles. The molecule has 3 aliphatic heterocycles. The molecule has 0 aliphatic carbocycles. The number of aliphatic hydroxyl groups is 1. The Labute approximate surface area is 293 Å². The van der Waals surface area contributed by atoms with Crippen LogP contribution in [0.2, 0.25) is 0 Å². The zero-order valence-electron chi connectivity index (χ0n) is 28.7. The molecule has 1 aromatic carbocycles. The summed E-state index contributed by atoms with van der Waals surface area (Å²) in [5.74, 6) is -3.34. The van der Waals surface area contributed by atoms with Crippen molar-refractivity contribution in [3.63, 3.8) is 0 Å². The predicted octanol–water partition coefficient (Wildman–Crippen LogP) is 4.71. The van der Waals surface area contributed by atoms with E-state index < -0.39 is 53.7 Å². The molecule has 3 heterocycles. The van der Waals surface area contributed by atoms with E-state index in [0.29, 0.717) is 37.9 Å². The van der Waals surface area contributed by atoms with Gasteiger partial charge in [0.1, 0.15) is 17.7 Å². The van der Waals surface area contributed by atoms with Gasteiger partial charge in [-0.2, -0.15) is 0 Å². The number of nitrogens with one attached hydrogen (secondary N) is 1. The largest absolute Gasteiger partial charge is 0.455 e. The lowest BCUT2D eigenvalue weighted by atomic mass is 9.70. The SMILES string of the molecule is C=CCCC(=O)N[C@H](C)[C@@H](OC(=O)[C@H]1[C@@H]2O[C@@]3(CC2Br)[C@@H]1C(=O)N([C@@H](CO)CC(C)C)[C@@H]3C(=O)N(CC=C)CCCC)c1ccccc1. The molecule has 11 heteroatoms. The molecule has 48 heavy (non-hydrogen) atoms. The van der Waals surface area contributed by atoms with Crippen molar-refractivity contribution in [3.8, 4) is 0 Å². The number of allylic oxidation sites excluding steroid dienone is 1. The smallest absolute Gasteiger partial charge is 0.313 e. The van der Waals surface area contributed by atoms with E-state index in [4.69, 9.17) is 9.47 Å². The summed E-state index contributed by atoms with van der Waals surface area (Å²) < 4.78 is 13.0. The van der Waals surface area contributed by atoms with Gasteiger partial charge in [0.2, 0.25) is 17.7 Å². The number of nitrogens with zero attached hydrogens (tertiary/aromatic N) is 2. The highest BCUT2D eigenvalue weighted by Crippen LogP contribution is 2.61. The Morgan fingerprint density at radius 2 is 1.92 bits per heavy atom. The van der Waals surface area contributed by atoms with Crippen molar-refractivity contribution in [1.29, 1.82) is 0 Å². The highest BCUT2D eigenvalue weighted by Gasteiger charge is 2.77. The molecule has 3 saturated heterocycles. The maximum absolute atomic E-state index is 14.7. The summed E-state index contributed by atoms with van der Waals surface area (Å²) >= 11 is 3.73. The highest BCUT2D eigenvalue weighted by atomic mass is 79.9. The minimum Gasteiger partial charge on any atom is -0.455 e. The Kier molecular flexibility index (Phi) is 13.1. The molecule has 1 aromatic rings. The zero-order chi connectivity index (χ0) is 35.2. The van der Waals surface area contributed by atoms with Crippen LogP contribution >= 0.6 is 15.9 Å². The van der Waals surface area contributed by atoms with Crippen LogP contribution in [0.3, 0.4) is 0 Å². The molecule has 10 nitrogen and oxygen atoms in total. The Morgan fingerprint density at radius 1 is 1.21 bits per heavy atom. The molecule has 1 spiro atoms. The van der Waals surface area contributed by atoms with Gasteiger partial charge in [0.15, 0.2) is 0 Å². The first-order valence-electron chi connectivity index (χ1n) is 17.3. The zero-order valence-corrected chi connectivity index (χ0v) is 30.3. The summed E-state index contributed by atoms with van der Waals surface area (Å²) in [5.41, 5.74) is -0.600. The molecule has 0 aromatic heterocycles. The molecule has 4 rings (SSSR count). The molecule has 3 amide bonds. The van der Waals surface area contributed by atoms with Crippen molar-refractivity contribution < 1.29 is 33.8 Å². The van der Waals surface area contributed by atoms with Gasteiger partial charge >= 0.3 is 5.97 Å². The van der Waals surface area contributed by atoms with Crippen molar-refractivity contribution in [2.45, 2.75) is 107 Å². The fourth-order valence-electron chi connectivity index (χ4n) is 7.74. The van der Waals surface area contributed by atoms with Crippen molar-refractivity contribution in [2.75, 3.05) is 19.7 Å². The van der Waals surface area contributed by atoms with Crippen molar-refractivity contribution >= 4 is 39.6 Å². The number of aliphatic hydroxyl groups excluding tert-OH is 1. The Hall–Kier alpha value is -3.02. The third kappa shape index (κ3) is 7.58. The lowest BCUT2D eigenvalue weighted by molar-refractivity contribution is -0.162. The number of alkyl halides is 1. The van der Waals surface area contributed by atoms with Crippen molar-refractivity contribution in [1.82, 2.24) is 15.1 Å². The second kappa shape index (κ2) is 16.6. The number of carbonyl (C=O) groups excluding carboxylic acids is 4. The second-order valence-electron chi connectivity index (χ2n) is 13.8. The Bertz CT molecular complexity index is 1330. The van der Waals surface area contributed by atoms with Crippen LogP contribution in [0.1, 0.15) is 77.9 Å². The summed E-state index contributed by atoms with van der Waals surface area (Å²) in [5, 5.41) is 13.6. The van der Waals surface area contributed by atoms with Gasteiger partial charge in [-0.15, -0.1) is 13.2 Å². The van der Waals surface area contributed by atoms with Gasteiger partial charge in [-0.25, -0.2) is 0 Å². The van der Waals surface area contributed by atoms with E-state index in [1.807, 2.05) is 51.1 Å². The summed E-state index contributed by atoms with van der Waals surface area (Å²) in [6, 6.07) is 6.93. The van der Waals surface area contributed by atoms with Crippen molar-refractivity contribution in [3.05, 3.63) is 61.2 Å². The van der Waals surface area contributed by atoms with Crippen LogP contribution in [0.25, 0.3) is 0 Å². The molecule has 2 bridgehead atoms. The number of unbranched alkanes of at least 4 members (excludes halogenated alkanes) is 1. The fourth-order valence-corrected chi connectivity index (χ4v) is 8.68. The van der Waals surface area contributed by atoms with Crippen LogP contribution in [0.15, 0.2) is 55.6 Å². The third-order valence-corrected chi connectivity index (χ3v) is 10.7. The standard InChI is InChI=1S/C37H52BrN3O7/c1-7-10-17-28(43)39-24(6)31(25-15-13-12-14-16-25)47-36(46)29-30-34(44)41(26(22-42)20-23(4)5)33(37(30)21-27(38)32(29)48-37)35(45)40(18-9-3)19-11-8-2/h7,9,12-16,23-24,26-27,29-33,42H,1,3,8,10-11,17-22H2,2,4-6H3,(H,39,43)/t24-,26-,27?,29-,30+,31-,32-,33-,37+/m1/s1. The van der Waals surface area contributed by atoms with Gasteiger partial charge in [-0.1, -0.05) is 85.6 Å². The minimum absolute atomic E-state index is 0.129. The molecule has 2 N–H and O–H groups in total. The number of hydrogen-bond acceptors (Lipinski definition) is 7. The van der Waals surface area contributed by atoms with Gasteiger partial charge in [0.25, 0.3) is 0 Å². The maximum Gasteiger partial charge on any atom is 0.313 e. The molecular formula is C37H52BrN3O7. The lowest BCUT2D eigenvalue weighted by Gasteiger charge is -2.39. The van der Waals surface area contributed by atoms with E-state index in [2.05, 4.69) is 34.4 Å². The molecule has 3 fully saturated rings. The average molecular weight is 731 g/mol. The maximum atomic E-state index is 14.7. The number of likely N-dealkylation sites (tertiary alicyclic amines) is 1. The number of fused-ring (bicyclic) bond motifs is 1. The van der Waals surface area contributed by atoms with Gasteiger partial charge in [-0.3, -0.25) is 19.2 Å². The monoisotopic (exact) mass is 729 g/mol. The molecule has 1 unspecified atom stereocenters. The molecule has 9 atom stereocenters. The number of rotatable bonds is 18. The molecular weight excluding hydrogens is 678 g/mol. The quantitative estimate of drug-likeness (QED) is 0.127. The second-order valence-corrected chi connectivity index (χ2v) is 14.9. The normalized spacial score (nSPS) is 27.7. The summed E-state index contributed by atoms with van der Waals surface area (Å²) in [6.07, 6.45) is 5.02. The molecule has 264 valence electrons. The van der Waals surface area contributed by atoms with Gasteiger partial charge in [-0.05, 0) is 44.1 Å². The summed E-state index contributed by atoms with van der Waals surface area (Å²) in [7, 11) is 0. The number of ether oxygens (including phenoxy) is 2. The fraction of sp³-hybridized carbons (Fsp3) is 0.622. The van der Waals surface area contributed by atoms with Gasteiger partial charge < -0.3 is 29.7 Å². The third-order valence-electron chi connectivity index (χ3n) is 9.81. The number of amides is 3. The van der Waals surface area contributed by atoms with Crippen LogP contribution < -0.4 is 5.32 Å². The van der Waals surface area contributed by atoms with Crippen molar-refractivity contribution in [2.24, 2.45) is 17.8 Å². The lowest BCUT2D eigenvalue weighted by Crippen LogP contribution is -2.59. The van der Waals surface area contributed by atoms with Crippen LogP contribution in [0.4, 0.5) is 0 Å². The minimum atomic E-state index is -1.29. The van der Waals surface area contributed by atoms with Gasteiger partial charge in [0.05, 0.1) is 36.6 Å². The summed E-state index contributed by atoms with van der Waals surface area (Å²) in [6.45, 7) is 15.8. The first-order valence-corrected chi connectivity index (χ1v) is 18.2. The van der Waals surface area contributed by atoms with E-state index in [0.717, 1.165) is 12.8 Å². The number of halogens is 1. The average Bonchev–Trinajstić information content (AvgIpc) is 3.66. The van der Waals surface area contributed by atoms with Crippen LogP contribution in [0.5, 0.6) is 0 Å². The molecule has 0 radical (unpaired) electrons. The number of carbonyl (C=O) groups is 4. The number of esters is 1. The highest BCUT2D eigenvalue weighted by molar-refractivity contribution is 9.09. The first-order chi connectivity index (χ1) is 22.9.